The largest absolute Gasteiger partial charge is 0.424 e. The molecule has 118 valence electrons. The van der Waals surface area contributed by atoms with Crippen molar-refractivity contribution in [3.05, 3.63) is 103 Å². The molecule has 0 heterocycles. The maximum absolute atomic E-state index is 12.8. The van der Waals surface area contributed by atoms with Gasteiger partial charge in [-0.3, -0.25) is 0 Å². The van der Waals surface area contributed by atoms with Gasteiger partial charge in [-0.25, -0.2) is 9.69 Å². The van der Waals surface area contributed by atoms with E-state index in [1.165, 1.54) is 4.90 Å². The average Bonchev–Trinajstić information content (AvgIpc) is 2.64. The van der Waals surface area contributed by atoms with Gasteiger partial charge in [0.1, 0.15) is 5.76 Å². The van der Waals surface area contributed by atoms with Crippen LogP contribution < -0.4 is 4.90 Å². The predicted octanol–water partition coefficient (Wildman–Crippen LogP) is 5.63. The van der Waals surface area contributed by atoms with Gasteiger partial charge in [-0.15, -0.1) is 0 Å². The van der Waals surface area contributed by atoms with Crippen molar-refractivity contribution in [1.29, 1.82) is 0 Å². The molecule has 3 aromatic rings. The molecule has 0 unspecified atom stereocenters. The van der Waals surface area contributed by atoms with Crippen LogP contribution in [-0.4, -0.2) is 6.09 Å². The fraction of sp³-hybridized carbons (Fsp3) is 0. The van der Waals surface area contributed by atoms with Gasteiger partial charge in [0, 0.05) is 5.56 Å². The summed E-state index contributed by atoms with van der Waals surface area (Å²) >= 11 is 0. The van der Waals surface area contributed by atoms with Crippen molar-refractivity contribution in [2.24, 2.45) is 0 Å². The summed E-state index contributed by atoms with van der Waals surface area (Å²) in [6, 6.07) is 28.1. The Hall–Kier alpha value is -3.33. The second-order valence-electron chi connectivity index (χ2n) is 5.16. The zero-order valence-electron chi connectivity index (χ0n) is 13.1. The van der Waals surface area contributed by atoms with E-state index in [0.29, 0.717) is 5.76 Å². The van der Waals surface area contributed by atoms with Gasteiger partial charge in [0.05, 0.1) is 11.4 Å². The normalized spacial score (nSPS) is 10.0. The predicted molar refractivity (Wildman–Crippen MR) is 97.0 cm³/mol. The molecule has 0 aliphatic rings. The minimum atomic E-state index is -0.499. The van der Waals surface area contributed by atoms with Crippen LogP contribution in [0.15, 0.2) is 97.6 Å². The summed E-state index contributed by atoms with van der Waals surface area (Å²) in [4.78, 5) is 14.3. The highest BCUT2D eigenvalue weighted by Crippen LogP contribution is 2.27. The molecule has 1 amide bonds. The van der Waals surface area contributed by atoms with Gasteiger partial charge in [-0.05, 0) is 24.3 Å². The fourth-order valence-electron chi connectivity index (χ4n) is 2.35. The van der Waals surface area contributed by atoms with Crippen molar-refractivity contribution in [2.75, 3.05) is 4.90 Å². The summed E-state index contributed by atoms with van der Waals surface area (Å²) in [5.41, 5.74) is 2.23. The van der Waals surface area contributed by atoms with Crippen LogP contribution >= 0.6 is 0 Å². The van der Waals surface area contributed by atoms with Crippen LogP contribution in [0.2, 0.25) is 0 Å². The third kappa shape index (κ3) is 3.52. The number of amides is 1. The van der Waals surface area contributed by atoms with E-state index in [2.05, 4.69) is 6.58 Å². The Bertz CT molecular complexity index is 775. The van der Waals surface area contributed by atoms with E-state index in [1.54, 1.807) is 0 Å². The van der Waals surface area contributed by atoms with Crippen LogP contribution in [0, 0.1) is 0 Å². The summed E-state index contributed by atoms with van der Waals surface area (Å²) in [5, 5.41) is 0. The molecule has 0 saturated heterocycles. The highest BCUT2D eigenvalue weighted by atomic mass is 16.6. The van der Waals surface area contributed by atoms with Crippen LogP contribution in [0.25, 0.3) is 5.76 Å². The maximum atomic E-state index is 12.8. The summed E-state index contributed by atoms with van der Waals surface area (Å²) in [6.45, 7) is 3.86. The van der Waals surface area contributed by atoms with Gasteiger partial charge < -0.3 is 4.74 Å². The summed E-state index contributed by atoms with van der Waals surface area (Å²) < 4.78 is 5.50. The smallest absolute Gasteiger partial charge is 0.410 e. The lowest BCUT2D eigenvalue weighted by Gasteiger charge is -2.22. The van der Waals surface area contributed by atoms with Crippen molar-refractivity contribution < 1.29 is 9.53 Å². The molecule has 3 heteroatoms. The number of hydrogen-bond acceptors (Lipinski definition) is 2. The molecule has 0 N–H and O–H groups in total. The highest BCUT2D eigenvalue weighted by Gasteiger charge is 2.20. The standard InChI is InChI=1S/C21H17NO2/c1-17(18-11-5-2-6-12-18)24-21(23)22(19-13-7-3-8-14-19)20-15-9-4-10-16-20/h2-16H,1H2. The van der Waals surface area contributed by atoms with Gasteiger partial charge in [0.25, 0.3) is 0 Å². The number of carbonyl (C=O) groups is 1. The molecule has 0 fully saturated rings. The molecule has 3 nitrogen and oxygen atoms in total. The molecule has 0 atom stereocenters. The molecule has 3 aromatic carbocycles. The number of nitrogens with zero attached hydrogens (tertiary/aromatic N) is 1. The van der Waals surface area contributed by atoms with E-state index in [1.807, 2.05) is 91.0 Å². The minimum absolute atomic E-state index is 0.317. The number of benzene rings is 3. The first-order valence-electron chi connectivity index (χ1n) is 7.62. The van der Waals surface area contributed by atoms with Crippen LogP contribution in [0.5, 0.6) is 0 Å². The molecule has 0 spiro atoms. The van der Waals surface area contributed by atoms with E-state index in [9.17, 15) is 4.79 Å². The lowest BCUT2D eigenvalue weighted by Crippen LogP contribution is -2.26. The van der Waals surface area contributed by atoms with E-state index in [4.69, 9.17) is 4.74 Å². The lowest BCUT2D eigenvalue weighted by atomic mass is 10.2. The molecule has 0 radical (unpaired) electrons. The summed E-state index contributed by atoms with van der Waals surface area (Å²) in [5.74, 6) is 0.317. The molecule has 0 aromatic heterocycles. The fourth-order valence-corrected chi connectivity index (χ4v) is 2.35. The van der Waals surface area contributed by atoms with E-state index >= 15 is 0 Å². The maximum Gasteiger partial charge on any atom is 0.424 e. The van der Waals surface area contributed by atoms with Gasteiger partial charge in [-0.1, -0.05) is 73.3 Å². The van der Waals surface area contributed by atoms with E-state index in [-0.39, 0.29) is 0 Å². The Balaban J connectivity index is 1.89. The molecule has 24 heavy (non-hydrogen) atoms. The number of ether oxygens (including phenoxy) is 1. The number of para-hydroxylation sites is 2. The number of carbonyl (C=O) groups excluding carboxylic acids is 1. The molecular formula is C21H17NO2. The molecule has 0 saturated carbocycles. The third-order valence-corrected chi connectivity index (χ3v) is 3.52. The van der Waals surface area contributed by atoms with Crippen LogP contribution in [0.4, 0.5) is 16.2 Å². The van der Waals surface area contributed by atoms with Crippen LogP contribution in [0.3, 0.4) is 0 Å². The van der Waals surface area contributed by atoms with Crippen molar-refractivity contribution in [3.8, 4) is 0 Å². The number of hydrogen-bond donors (Lipinski definition) is 0. The Morgan fingerprint density at radius 1 is 0.708 bits per heavy atom. The van der Waals surface area contributed by atoms with Crippen molar-refractivity contribution in [3.63, 3.8) is 0 Å². The second kappa shape index (κ2) is 7.29. The Labute approximate surface area is 141 Å². The first-order chi connectivity index (χ1) is 11.8. The molecule has 0 aliphatic heterocycles. The first-order valence-corrected chi connectivity index (χ1v) is 7.62. The summed E-state index contributed by atoms with van der Waals surface area (Å²) in [6.07, 6.45) is -0.499. The highest BCUT2D eigenvalue weighted by molar-refractivity contribution is 5.98. The van der Waals surface area contributed by atoms with Gasteiger partial charge in [0.15, 0.2) is 0 Å². The number of rotatable bonds is 4. The molecule has 0 bridgehead atoms. The molecular weight excluding hydrogens is 298 g/mol. The SMILES string of the molecule is C=C(OC(=O)N(c1ccccc1)c1ccccc1)c1ccccc1. The van der Waals surface area contributed by atoms with Crippen molar-refractivity contribution >= 4 is 23.2 Å². The van der Waals surface area contributed by atoms with Crippen molar-refractivity contribution in [2.45, 2.75) is 0 Å². The summed E-state index contributed by atoms with van der Waals surface area (Å²) in [7, 11) is 0. The Morgan fingerprint density at radius 2 is 1.12 bits per heavy atom. The molecule has 3 rings (SSSR count). The lowest BCUT2D eigenvalue weighted by molar-refractivity contribution is 0.202. The monoisotopic (exact) mass is 315 g/mol. The van der Waals surface area contributed by atoms with Crippen LogP contribution in [-0.2, 0) is 4.74 Å². The number of anilines is 2. The van der Waals surface area contributed by atoms with Crippen LogP contribution in [0.1, 0.15) is 5.56 Å². The topological polar surface area (TPSA) is 29.5 Å². The second-order valence-corrected chi connectivity index (χ2v) is 5.16. The van der Waals surface area contributed by atoms with Gasteiger partial charge >= 0.3 is 6.09 Å². The Morgan fingerprint density at radius 3 is 1.58 bits per heavy atom. The van der Waals surface area contributed by atoms with Gasteiger partial charge in [0.2, 0.25) is 0 Å². The quantitative estimate of drug-likeness (QED) is 0.584. The van der Waals surface area contributed by atoms with Gasteiger partial charge in [-0.2, -0.15) is 0 Å². The zero-order valence-corrected chi connectivity index (χ0v) is 13.1. The first kappa shape index (κ1) is 15.6. The average molecular weight is 315 g/mol. The van der Waals surface area contributed by atoms with E-state index in [0.717, 1.165) is 16.9 Å². The minimum Gasteiger partial charge on any atom is -0.410 e. The zero-order chi connectivity index (χ0) is 16.8. The third-order valence-electron chi connectivity index (χ3n) is 3.52. The van der Waals surface area contributed by atoms with E-state index < -0.39 is 6.09 Å². The van der Waals surface area contributed by atoms with Crippen molar-refractivity contribution in [1.82, 2.24) is 0 Å². The Kier molecular flexibility index (Phi) is 4.73. The molecule has 0 aliphatic carbocycles.